The van der Waals surface area contributed by atoms with Crippen LogP contribution in [0.4, 0.5) is 6.01 Å². The average molecular weight is 257 g/mol. The van der Waals surface area contributed by atoms with E-state index in [-0.39, 0.29) is 6.04 Å². The molecule has 0 saturated heterocycles. The summed E-state index contributed by atoms with van der Waals surface area (Å²) in [5.74, 6) is 0.380. The van der Waals surface area contributed by atoms with Gasteiger partial charge in [0.2, 0.25) is 0 Å². The maximum Gasteiger partial charge on any atom is 0.297 e. The standard InChI is InChI=1S/C11H13ClN2OS/c1-8(10-4-3-5-16-10)14(2)11-13-9(6-12)7-15-11/h3-5,7-8H,6H2,1-2H3. The fourth-order valence-corrected chi connectivity index (χ4v) is 2.35. The molecule has 0 N–H and O–H groups in total. The molecular weight excluding hydrogens is 244 g/mol. The van der Waals surface area contributed by atoms with Crippen LogP contribution < -0.4 is 4.90 Å². The second-order valence-electron chi connectivity index (χ2n) is 3.56. The molecule has 0 fully saturated rings. The van der Waals surface area contributed by atoms with Gasteiger partial charge in [-0.2, -0.15) is 4.98 Å². The van der Waals surface area contributed by atoms with Crippen LogP contribution in [-0.4, -0.2) is 12.0 Å². The van der Waals surface area contributed by atoms with Crippen LogP contribution >= 0.6 is 22.9 Å². The van der Waals surface area contributed by atoms with Crippen LogP contribution in [0.3, 0.4) is 0 Å². The molecule has 0 spiro atoms. The van der Waals surface area contributed by atoms with Crippen LogP contribution in [-0.2, 0) is 5.88 Å². The second kappa shape index (κ2) is 4.89. The molecule has 86 valence electrons. The molecule has 2 aromatic heterocycles. The van der Waals surface area contributed by atoms with Crippen molar-refractivity contribution in [1.82, 2.24) is 4.98 Å². The molecule has 3 nitrogen and oxygen atoms in total. The molecular formula is C11H13ClN2OS. The quantitative estimate of drug-likeness (QED) is 0.782. The summed E-state index contributed by atoms with van der Waals surface area (Å²) in [5.41, 5.74) is 0.766. The number of nitrogens with zero attached hydrogens (tertiary/aromatic N) is 2. The summed E-state index contributed by atoms with van der Waals surface area (Å²) in [6.45, 7) is 2.12. The van der Waals surface area contributed by atoms with Gasteiger partial charge in [0.1, 0.15) is 6.26 Å². The number of rotatable bonds is 4. The van der Waals surface area contributed by atoms with Crippen molar-refractivity contribution in [3.63, 3.8) is 0 Å². The third-order valence-electron chi connectivity index (χ3n) is 2.51. The Bertz CT molecular complexity index is 441. The molecule has 2 aromatic rings. The van der Waals surface area contributed by atoms with Crippen LogP contribution in [0, 0.1) is 0 Å². The molecule has 0 radical (unpaired) electrons. The van der Waals surface area contributed by atoms with Crippen LogP contribution in [0.1, 0.15) is 23.5 Å². The van der Waals surface area contributed by atoms with Gasteiger partial charge < -0.3 is 9.32 Å². The zero-order valence-electron chi connectivity index (χ0n) is 9.18. The predicted octanol–water partition coefficient (Wildman–Crippen LogP) is 3.67. The summed E-state index contributed by atoms with van der Waals surface area (Å²) >= 11 is 7.41. The van der Waals surface area contributed by atoms with Gasteiger partial charge in [-0.1, -0.05) is 6.07 Å². The molecule has 0 aliphatic heterocycles. The van der Waals surface area contributed by atoms with Crippen molar-refractivity contribution in [2.24, 2.45) is 0 Å². The van der Waals surface area contributed by atoms with Crippen LogP contribution in [0.5, 0.6) is 0 Å². The first kappa shape index (κ1) is 11.5. The first-order chi connectivity index (χ1) is 7.72. The lowest BCUT2D eigenvalue weighted by molar-refractivity contribution is 0.527. The number of halogens is 1. The van der Waals surface area contributed by atoms with Crippen molar-refractivity contribution in [1.29, 1.82) is 0 Å². The Morgan fingerprint density at radius 1 is 1.62 bits per heavy atom. The zero-order chi connectivity index (χ0) is 11.5. The Hall–Kier alpha value is -1.00. The van der Waals surface area contributed by atoms with Gasteiger partial charge >= 0.3 is 0 Å². The van der Waals surface area contributed by atoms with Gasteiger partial charge in [0.15, 0.2) is 0 Å². The summed E-state index contributed by atoms with van der Waals surface area (Å²) in [5, 5.41) is 2.07. The van der Waals surface area contributed by atoms with E-state index in [0.717, 1.165) is 5.69 Å². The highest BCUT2D eigenvalue weighted by atomic mass is 35.5. The zero-order valence-corrected chi connectivity index (χ0v) is 10.8. The number of hydrogen-bond acceptors (Lipinski definition) is 4. The van der Waals surface area contributed by atoms with Crippen LogP contribution in [0.15, 0.2) is 28.2 Å². The minimum atomic E-state index is 0.252. The normalized spacial score (nSPS) is 12.7. The highest BCUT2D eigenvalue weighted by Gasteiger charge is 2.17. The highest BCUT2D eigenvalue weighted by molar-refractivity contribution is 7.10. The average Bonchev–Trinajstić information content (AvgIpc) is 2.97. The maximum atomic E-state index is 5.69. The van der Waals surface area contributed by atoms with Gasteiger partial charge in [0.05, 0.1) is 17.6 Å². The van der Waals surface area contributed by atoms with E-state index in [1.54, 1.807) is 17.6 Å². The van der Waals surface area contributed by atoms with Gasteiger partial charge in [-0.05, 0) is 18.4 Å². The Morgan fingerprint density at radius 3 is 3.00 bits per heavy atom. The van der Waals surface area contributed by atoms with Crippen molar-refractivity contribution in [3.05, 3.63) is 34.3 Å². The molecule has 1 atom stereocenters. The molecule has 0 bridgehead atoms. The number of thiophene rings is 1. The minimum absolute atomic E-state index is 0.252. The minimum Gasteiger partial charge on any atom is -0.432 e. The van der Waals surface area contributed by atoms with E-state index in [9.17, 15) is 0 Å². The molecule has 16 heavy (non-hydrogen) atoms. The van der Waals surface area contributed by atoms with E-state index in [0.29, 0.717) is 11.9 Å². The fraction of sp³-hybridized carbons (Fsp3) is 0.364. The second-order valence-corrected chi connectivity index (χ2v) is 4.80. The Kier molecular flexibility index (Phi) is 3.51. The van der Waals surface area contributed by atoms with E-state index >= 15 is 0 Å². The van der Waals surface area contributed by atoms with Crippen molar-refractivity contribution >= 4 is 29.0 Å². The van der Waals surface area contributed by atoms with E-state index in [1.165, 1.54) is 4.88 Å². The van der Waals surface area contributed by atoms with E-state index in [1.807, 2.05) is 18.0 Å². The van der Waals surface area contributed by atoms with Crippen molar-refractivity contribution in [2.45, 2.75) is 18.8 Å². The monoisotopic (exact) mass is 256 g/mol. The Morgan fingerprint density at radius 2 is 2.44 bits per heavy atom. The maximum absolute atomic E-state index is 5.69. The molecule has 0 saturated carbocycles. The molecule has 5 heteroatoms. The first-order valence-corrected chi connectivity index (χ1v) is 6.40. The smallest absolute Gasteiger partial charge is 0.297 e. The molecule has 0 amide bonds. The lowest BCUT2D eigenvalue weighted by Gasteiger charge is -2.21. The molecule has 2 rings (SSSR count). The highest BCUT2D eigenvalue weighted by Crippen LogP contribution is 2.27. The number of aromatic nitrogens is 1. The first-order valence-electron chi connectivity index (χ1n) is 4.99. The van der Waals surface area contributed by atoms with Crippen molar-refractivity contribution < 1.29 is 4.42 Å². The number of anilines is 1. The molecule has 2 heterocycles. The molecule has 0 aromatic carbocycles. The predicted molar refractivity (Wildman–Crippen MR) is 67.2 cm³/mol. The van der Waals surface area contributed by atoms with Gasteiger partial charge in [-0.15, -0.1) is 22.9 Å². The van der Waals surface area contributed by atoms with Crippen LogP contribution in [0.25, 0.3) is 0 Å². The fourth-order valence-electron chi connectivity index (χ4n) is 1.41. The number of oxazole rings is 1. The molecule has 1 unspecified atom stereocenters. The third-order valence-corrected chi connectivity index (χ3v) is 3.83. The Labute approximate surface area is 104 Å². The SMILES string of the molecule is CC(c1cccs1)N(C)c1nc(CCl)co1. The molecule has 0 aliphatic rings. The van der Waals surface area contributed by atoms with Crippen molar-refractivity contribution in [3.8, 4) is 0 Å². The third kappa shape index (κ3) is 2.23. The largest absolute Gasteiger partial charge is 0.432 e. The summed E-state index contributed by atoms with van der Waals surface area (Å²) in [4.78, 5) is 7.58. The summed E-state index contributed by atoms with van der Waals surface area (Å²) in [6.07, 6.45) is 1.60. The van der Waals surface area contributed by atoms with Gasteiger partial charge in [-0.3, -0.25) is 0 Å². The molecule has 0 aliphatic carbocycles. The number of hydrogen-bond donors (Lipinski definition) is 0. The van der Waals surface area contributed by atoms with Crippen LogP contribution in [0.2, 0.25) is 0 Å². The summed E-state index contributed by atoms with van der Waals surface area (Å²) in [6, 6.07) is 5.01. The van der Waals surface area contributed by atoms with Gasteiger partial charge in [0.25, 0.3) is 6.01 Å². The lowest BCUT2D eigenvalue weighted by Crippen LogP contribution is -2.21. The van der Waals surface area contributed by atoms with E-state index in [2.05, 4.69) is 23.4 Å². The van der Waals surface area contributed by atoms with E-state index in [4.69, 9.17) is 16.0 Å². The van der Waals surface area contributed by atoms with Gasteiger partial charge in [-0.25, -0.2) is 0 Å². The lowest BCUT2D eigenvalue weighted by atomic mass is 10.2. The summed E-state index contributed by atoms with van der Waals surface area (Å²) in [7, 11) is 1.97. The topological polar surface area (TPSA) is 29.3 Å². The number of alkyl halides is 1. The van der Waals surface area contributed by atoms with Gasteiger partial charge in [0, 0.05) is 11.9 Å². The Balaban J connectivity index is 2.15. The van der Waals surface area contributed by atoms with E-state index < -0.39 is 0 Å². The summed E-state index contributed by atoms with van der Waals surface area (Å²) < 4.78 is 5.37. The van der Waals surface area contributed by atoms with Crippen molar-refractivity contribution in [2.75, 3.05) is 11.9 Å².